The summed E-state index contributed by atoms with van der Waals surface area (Å²) in [6.07, 6.45) is 1.65. The van der Waals surface area contributed by atoms with Gasteiger partial charge in [-0.3, -0.25) is 4.79 Å². The number of carboxylic acid groups (broad SMARTS) is 1. The molecule has 0 saturated carbocycles. The number of aliphatic carboxylic acids is 1. The summed E-state index contributed by atoms with van der Waals surface area (Å²) in [5.41, 5.74) is 0. The number of nitrogens with one attached hydrogen (secondary N) is 1. The van der Waals surface area contributed by atoms with E-state index in [1.807, 2.05) is 13.8 Å². The lowest BCUT2D eigenvalue weighted by atomic mass is 10.2. The Labute approximate surface area is 119 Å². The highest BCUT2D eigenvalue weighted by atomic mass is 16.5. The summed E-state index contributed by atoms with van der Waals surface area (Å²) in [6, 6.07) is -1.49. The van der Waals surface area contributed by atoms with Crippen LogP contribution in [0.2, 0.25) is 0 Å². The van der Waals surface area contributed by atoms with E-state index in [0.29, 0.717) is 25.8 Å². The van der Waals surface area contributed by atoms with Crippen molar-refractivity contribution in [3.8, 4) is 0 Å². The number of nitrogens with zero attached hydrogens (tertiary/aromatic N) is 1. The van der Waals surface area contributed by atoms with Crippen molar-refractivity contribution in [2.24, 2.45) is 0 Å². The largest absolute Gasteiger partial charge is 0.480 e. The summed E-state index contributed by atoms with van der Waals surface area (Å²) in [5.74, 6) is -1.58. The average Bonchev–Trinajstić information content (AvgIpc) is 2.37. The van der Waals surface area contributed by atoms with Gasteiger partial charge in [-0.1, -0.05) is 20.3 Å². The fraction of sp³-hybridized carbons (Fsp3) is 0.769. The zero-order valence-corrected chi connectivity index (χ0v) is 12.3. The van der Waals surface area contributed by atoms with Gasteiger partial charge in [0.15, 0.2) is 0 Å². The number of rotatable bonds is 9. The number of hydrogen-bond acceptors (Lipinski definition) is 4. The number of ether oxygens (including phenoxy) is 1. The average molecular weight is 288 g/mol. The van der Waals surface area contributed by atoms with Gasteiger partial charge in [-0.25, -0.2) is 9.59 Å². The van der Waals surface area contributed by atoms with Crippen LogP contribution < -0.4 is 5.32 Å². The second-order valence-corrected chi connectivity index (χ2v) is 4.36. The number of urea groups is 1. The monoisotopic (exact) mass is 288 g/mol. The van der Waals surface area contributed by atoms with Gasteiger partial charge in [-0.15, -0.1) is 0 Å². The first-order valence-corrected chi connectivity index (χ1v) is 6.90. The molecular weight excluding hydrogens is 264 g/mol. The Balaban J connectivity index is 4.61. The minimum Gasteiger partial charge on any atom is -0.480 e. The third-order valence-corrected chi connectivity index (χ3v) is 2.58. The van der Waals surface area contributed by atoms with Gasteiger partial charge in [0.1, 0.15) is 12.6 Å². The van der Waals surface area contributed by atoms with E-state index >= 15 is 0 Å². The van der Waals surface area contributed by atoms with E-state index in [-0.39, 0.29) is 13.2 Å². The molecule has 1 atom stereocenters. The Kier molecular flexibility index (Phi) is 9.15. The zero-order valence-electron chi connectivity index (χ0n) is 12.3. The molecule has 0 bridgehead atoms. The quantitative estimate of drug-likeness (QED) is 0.622. The maximum atomic E-state index is 12.0. The highest BCUT2D eigenvalue weighted by Gasteiger charge is 2.23. The predicted molar refractivity (Wildman–Crippen MR) is 73.4 cm³/mol. The van der Waals surface area contributed by atoms with Crippen molar-refractivity contribution in [3.63, 3.8) is 0 Å². The Morgan fingerprint density at radius 2 is 1.85 bits per heavy atom. The van der Waals surface area contributed by atoms with E-state index in [1.165, 1.54) is 4.90 Å². The van der Waals surface area contributed by atoms with Gasteiger partial charge in [-0.05, 0) is 19.8 Å². The third kappa shape index (κ3) is 6.96. The Bertz CT molecular complexity index is 333. The molecule has 116 valence electrons. The molecule has 7 nitrogen and oxygen atoms in total. The van der Waals surface area contributed by atoms with Gasteiger partial charge in [0.25, 0.3) is 0 Å². The number of hydrogen-bond donors (Lipinski definition) is 2. The first-order valence-electron chi connectivity index (χ1n) is 6.90. The van der Waals surface area contributed by atoms with Gasteiger partial charge in [0.05, 0.1) is 6.61 Å². The summed E-state index contributed by atoms with van der Waals surface area (Å²) in [6.45, 7) is 5.82. The van der Waals surface area contributed by atoms with Crippen molar-refractivity contribution >= 4 is 18.0 Å². The molecule has 0 aliphatic heterocycles. The molecule has 0 aliphatic carbocycles. The van der Waals surface area contributed by atoms with Gasteiger partial charge < -0.3 is 20.1 Å². The van der Waals surface area contributed by atoms with Crippen LogP contribution >= 0.6 is 0 Å². The van der Waals surface area contributed by atoms with Gasteiger partial charge in [0, 0.05) is 6.54 Å². The lowest BCUT2D eigenvalue weighted by Gasteiger charge is -2.23. The summed E-state index contributed by atoms with van der Waals surface area (Å²) in [4.78, 5) is 35.7. The predicted octanol–water partition coefficient (Wildman–Crippen LogP) is 1.22. The van der Waals surface area contributed by atoms with Crippen LogP contribution in [0.5, 0.6) is 0 Å². The maximum absolute atomic E-state index is 12.0. The molecule has 0 spiro atoms. The smallest absolute Gasteiger partial charge is 0.326 e. The number of esters is 1. The Morgan fingerprint density at radius 3 is 2.30 bits per heavy atom. The van der Waals surface area contributed by atoms with Crippen molar-refractivity contribution in [2.45, 2.75) is 46.1 Å². The van der Waals surface area contributed by atoms with Crippen LogP contribution in [0, 0.1) is 0 Å². The topological polar surface area (TPSA) is 95.9 Å². The molecule has 0 aromatic carbocycles. The van der Waals surface area contributed by atoms with Crippen LogP contribution in [0.4, 0.5) is 4.79 Å². The fourth-order valence-electron chi connectivity index (χ4n) is 1.67. The van der Waals surface area contributed by atoms with Crippen molar-refractivity contribution < 1.29 is 24.2 Å². The van der Waals surface area contributed by atoms with E-state index in [4.69, 9.17) is 9.84 Å². The number of amides is 2. The Morgan fingerprint density at radius 1 is 1.20 bits per heavy atom. The van der Waals surface area contributed by atoms with Crippen LogP contribution in [0.25, 0.3) is 0 Å². The molecule has 0 saturated heterocycles. The maximum Gasteiger partial charge on any atom is 0.326 e. The normalized spacial score (nSPS) is 11.6. The summed E-state index contributed by atoms with van der Waals surface area (Å²) in [7, 11) is 0. The summed E-state index contributed by atoms with van der Waals surface area (Å²) < 4.78 is 4.79. The van der Waals surface area contributed by atoms with Crippen LogP contribution in [0.1, 0.15) is 40.0 Å². The SMILES string of the molecule is CCC[C@@H](NC(=O)N(CCC)CC(=O)OCC)C(=O)O. The van der Waals surface area contributed by atoms with Gasteiger partial charge >= 0.3 is 18.0 Å². The van der Waals surface area contributed by atoms with E-state index in [2.05, 4.69) is 5.32 Å². The molecule has 0 rings (SSSR count). The highest BCUT2D eigenvalue weighted by Crippen LogP contribution is 2.00. The molecule has 7 heteroatoms. The van der Waals surface area contributed by atoms with Crippen molar-refractivity contribution in [1.82, 2.24) is 10.2 Å². The molecule has 0 fully saturated rings. The molecule has 0 aromatic rings. The van der Waals surface area contributed by atoms with Crippen molar-refractivity contribution in [3.05, 3.63) is 0 Å². The molecule has 0 heterocycles. The second-order valence-electron chi connectivity index (χ2n) is 4.36. The highest BCUT2D eigenvalue weighted by molar-refractivity contribution is 5.85. The number of carbonyl (C=O) groups is 3. The van der Waals surface area contributed by atoms with E-state index < -0.39 is 24.0 Å². The van der Waals surface area contributed by atoms with Crippen molar-refractivity contribution in [2.75, 3.05) is 19.7 Å². The molecular formula is C13H24N2O5. The third-order valence-electron chi connectivity index (χ3n) is 2.58. The number of carboxylic acids is 1. The first kappa shape index (κ1) is 18.2. The summed E-state index contributed by atoms with van der Waals surface area (Å²) in [5, 5.41) is 11.4. The standard InChI is InChI=1S/C13H24N2O5/c1-4-7-10(12(17)18)14-13(19)15(8-5-2)9-11(16)20-6-3/h10H,4-9H2,1-3H3,(H,14,19)(H,17,18)/t10-/m1/s1. The van der Waals surface area contributed by atoms with E-state index in [9.17, 15) is 14.4 Å². The first-order chi connectivity index (χ1) is 9.46. The molecule has 0 aromatic heterocycles. The van der Waals surface area contributed by atoms with Gasteiger partial charge in [-0.2, -0.15) is 0 Å². The van der Waals surface area contributed by atoms with E-state index in [1.54, 1.807) is 6.92 Å². The number of carbonyl (C=O) groups excluding carboxylic acids is 2. The molecule has 0 aliphatic rings. The summed E-state index contributed by atoms with van der Waals surface area (Å²) >= 11 is 0. The second kappa shape index (κ2) is 10.1. The molecule has 20 heavy (non-hydrogen) atoms. The zero-order chi connectivity index (χ0) is 15.5. The van der Waals surface area contributed by atoms with Crippen molar-refractivity contribution in [1.29, 1.82) is 0 Å². The lowest BCUT2D eigenvalue weighted by molar-refractivity contribution is -0.143. The van der Waals surface area contributed by atoms with Crippen LogP contribution in [0.15, 0.2) is 0 Å². The van der Waals surface area contributed by atoms with Crippen LogP contribution in [-0.4, -0.2) is 53.7 Å². The molecule has 0 unspecified atom stereocenters. The molecule has 2 N–H and O–H groups in total. The lowest BCUT2D eigenvalue weighted by Crippen LogP contribution is -2.49. The molecule has 2 amide bonds. The minimum absolute atomic E-state index is 0.175. The Hall–Kier alpha value is -1.79. The fourth-order valence-corrected chi connectivity index (χ4v) is 1.67. The minimum atomic E-state index is -1.08. The molecule has 0 radical (unpaired) electrons. The van der Waals surface area contributed by atoms with E-state index in [0.717, 1.165) is 0 Å². The van der Waals surface area contributed by atoms with Crippen LogP contribution in [-0.2, 0) is 14.3 Å². The van der Waals surface area contributed by atoms with Gasteiger partial charge in [0.2, 0.25) is 0 Å². The van der Waals surface area contributed by atoms with Crippen LogP contribution in [0.3, 0.4) is 0 Å².